The Balaban J connectivity index is 0.00000363. The number of nitrogens with zero attached hydrogens (tertiary/aromatic N) is 1. The Morgan fingerprint density at radius 2 is 1.88 bits per heavy atom. The molecule has 180 valence electrons. The number of ether oxygens (including phenoxy) is 2. The first-order valence-corrected chi connectivity index (χ1v) is 11.4. The van der Waals surface area contributed by atoms with Crippen molar-refractivity contribution in [2.24, 2.45) is 16.3 Å². The van der Waals surface area contributed by atoms with E-state index in [1.165, 1.54) is 6.42 Å². The van der Waals surface area contributed by atoms with Gasteiger partial charge in [-0.15, -0.1) is 24.0 Å². The number of amides is 1. The van der Waals surface area contributed by atoms with E-state index in [4.69, 9.17) is 9.47 Å². The lowest BCUT2D eigenvalue weighted by atomic mass is 9.78. The molecule has 1 amide bonds. The highest BCUT2D eigenvalue weighted by Crippen LogP contribution is 2.33. The van der Waals surface area contributed by atoms with Crippen molar-refractivity contribution < 1.29 is 14.3 Å². The first-order chi connectivity index (χ1) is 14.9. The molecule has 0 bridgehead atoms. The third-order valence-electron chi connectivity index (χ3n) is 5.93. The Morgan fingerprint density at radius 1 is 1.12 bits per heavy atom. The van der Waals surface area contributed by atoms with Gasteiger partial charge in [0.25, 0.3) is 5.91 Å². The van der Waals surface area contributed by atoms with Gasteiger partial charge >= 0.3 is 0 Å². The fraction of sp³-hybridized carbons (Fsp3) is 0.667. The number of carbonyl (C=O) groups is 1. The van der Waals surface area contributed by atoms with Gasteiger partial charge in [-0.1, -0.05) is 32.9 Å². The van der Waals surface area contributed by atoms with Gasteiger partial charge in [0.2, 0.25) is 0 Å². The standard InChI is InChI=1S/C24H38N4O3.HI/c1-24(2,3)21-18(9-6-13-31-21)16-27-23(25-4)26-15-17-8-5-10-19(14-17)28-22(29)20-11-7-12-30-20;/h5,8,10,14,18,20-21H,6-7,9,11-13,15-16H2,1-4H3,(H,28,29)(H2,25,26,27);1H. The highest BCUT2D eigenvalue weighted by Gasteiger charge is 2.35. The summed E-state index contributed by atoms with van der Waals surface area (Å²) in [4.78, 5) is 16.6. The van der Waals surface area contributed by atoms with E-state index in [2.05, 4.69) is 41.7 Å². The fourth-order valence-electron chi connectivity index (χ4n) is 4.41. The normalized spacial score (nSPS) is 23.9. The number of guanidine groups is 1. The highest BCUT2D eigenvalue weighted by atomic mass is 127. The van der Waals surface area contributed by atoms with Gasteiger partial charge in [0.1, 0.15) is 6.10 Å². The summed E-state index contributed by atoms with van der Waals surface area (Å²) >= 11 is 0. The van der Waals surface area contributed by atoms with Crippen molar-refractivity contribution >= 4 is 41.5 Å². The van der Waals surface area contributed by atoms with E-state index >= 15 is 0 Å². The molecule has 32 heavy (non-hydrogen) atoms. The second-order valence-corrected chi connectivity index (χ2v) is 9.56. The lowest BCUT2D eigenvalue weighted by molar-refractivity contribution is -0.124. The second kappa shape index (κ2) is 12.7. The summed E-state index contributed by atoms with van der Waals surface area (Å²) in [5.41, 5.74) is 1.98. The smallest absolute Gasteiger partial charge is 0.253 e. The molecule has 2 heterocycles. The lowest BCUT2D eigenvalue weighted by Crippen LogP contribution is -2.47. The number of nitrogens with one attached hydrogen (secondary N) is 3. The zero-order valence-electron chi connectivity index (χ0n) is 19.8. The van der Waals surface area contributed by atoms with E-state index in [9.17, 15) is 4.79 Å². The number of aliphatic imine (C=N–C) groups is 1. The summed E-state index contributed by atoms with van der Waals surface area (Å²) in [5, 5.41) is 9.80. The molecule has 0 saturated carbocycles. The number of carbonyl (C=O) groups excluding carboxylic acids is 1. The van der Waals surface area contributed by atoms with Gasteiger partial charge in [-0.2, -0.15) is 0 Å². The molecular formula is C24H39IN4O3. The predicted molar refractivity (Wildman–Crippen MR) is 140 cm³/mol. The second-order valence-electron chi connectivity index (χ2n) is 9.56. The number of rotatable bonds is 6. The first kappa shape index (κ1) is 26.9. The molecule has 0 radical (unpaired) electrons. The van der Waals surface area contributed by atoms with Crippen molar-refractivity contribution in [3.8, 4) is 0 Å². The highest BCUT2D eigenvalue weighted by molar-refractivity contribution is 14.0. The molecular weight excluding hydrogens is 519 g/mol. The van der Waals surface area contributed by atoms with Gasteiger partial charge in [0.15, 0.2) is 5.96 Å². The minimum absolute atomic E-state index is 0. The zero-order chi connectivity index (χ0) is 22.3. The van der Waals surface area contributed by atoms with Crippen molar-refractivity contribution in [1.29, 1.82) is 0 Å². The molecule has 3 N–H and O–H groups in total. The quantitative estimate of drug-likeness (QED) is 0.280. The van der Waals surface area contributed by atoms with Gasteiger partial charge in [-0.25, -0.2) is 0 Å². The van der Waals surface area contributed by atoms with E-state index in [-0.39, 0.29) is 47.5 Å². The molecule has 3 unspecified atom stereocenters. The largest absolute Gasteiger partial charge is 0.377 e. The Kier molecular flexibility index (Phi) is 10.7. The molecule has 0 spiro atoms. The Hall–Kier alpha value is -1.39. The van der Waals surface area contributed by atoms with E-state index < -0.39 is 0 Å². The molecule has 0 aromatic heterocycles. The van der Waals surface area contributed by atoms with Crippen LogP contribution in [0, 0.1) is 11.3 Å². The average Bonchev–Trinajstić information content (AvgIpc) is 3.29. The maximum Gasteiger partial charge on any atom is 0.253 e. The molecule has 1 aromatic rings. The monoisotopic (exact) mass is 558 g/mol. The minimum Gasteiger partial charge on any atom is -0.377 e. The topological polar surface area (TPSA) is 84.0 Å². The van der Waals surface area contributed by atoms with Crippen LogP contribution >= 0.6 is 24.0 Å². The van der Waals surface area contributed by atoms with Crippen molar-refractivity contribution in [3.05, 3.63) is 29.8 Å². The SMILES string of the molecule is CN=C(NCc1cccc(NC(=O)C2CCCO2)c1)NCC1CCCOC1C(C)(C)C.I. The van der Waals surface area contributed by atoms with Crippen LogP contribution < -0.4 is 16.0 Å². The third kappa shape index (κ3) is 7.88. The van der Waals surface area contributed by atoms with E-state index in [1.807, 2.05) is 24.3 Å². The van der Waals surface area contributed by atoms with E-state index in [0.717, 1.165) is 49.6 Å². The maximum absolute atomic E-state index is 12.3. The molecule has 2 fully saturated rings. The van der Waals surface area contributed by atoms with Gasteiger partial charge in [-0.05, 0) is 48.8 Å². The van der Waals surface area contributed by atoms with Crippen molar-refractivity contribution in [3.63, 3.8) is 0 Å². The van der Waals surface area contributed by atoms with E-state index in [1.54, 1.807) is 7.05 Å². The molecule has 1 aromatic carbocycles. The summed E-state index contributed by atoms with van der Waals surface area (Å²) < 4.78 is 11.5. The van der Waals surface area contributed by atoms with Crippen LogP contribution in [-0.2, 0) is 20.8 Å². The van der Waals surface area contributed by atoms with Crippen LogP contribution in [0.25, 0.3) is 0 Å². The molecule has 3 atom stereocenters. The Labute approximate surface area is 209 Å². The molecule has 0 aliphatic carbocycles. The van der Waals surface area contributed by atoms with Gasteiger partial charge in [-0.3, -0.25) is 9.79 Å². The minimum atomic E-state index is -0.328. The van der Waals surface area contributed by atoms with Gasteiger partial charge < -0.3 is 25.4 Å². The van der Waals surface area contributed by atoms with Crippen LogP contribution in [0.3, 0.4) is 0 Å². The Morgan fingerprint density at radius 3 is 2.56 bits per heavy atom. The van der Waals surface area contributed by atoms with Crippen LogP contribution in [0.1, 0.15) is 52.0 Å². The van der Waals surface area contributed by atoms with Crippen molar-refractivity contribution in [2.75, 3.05) is 32.1 Å². The third-order valence-corrected chi connectivity index (χ3v) is 5.93. The van der Waals surface area contributed by atoms with Gasteiger partial charge in [0.05, 0.1) is 6.10 Å². The van der Waals surface area contributed by atoms with Crippen molar-refractivity contribution in [2.45, 2.75) is 65.2 Å². The average molecular weight is 559 g/mol. The van der Waals surface area contributed by atoms with Crippen LogP contribution in [0.4, 0.5) is 5.69 Å². The lowest BCUT2D eigenvalue weighted by Gasteiger charge is -2.40. The number of benzene rings is 1. The summed E-state index contributed by atoms with van der Waals surface area (Å²) in [6, 6.07) is 7.87. The molecule has 2 aliphatic heterocycles. The molecule has 2 saturated heterocycles. The maximum atomic E-state index is 12.3. The van der Waals surface area contributed by atoms with Crippen molar-refractivity contribution in [1.82, 2.24) is 10.6 Å². The van der Waals surface area contributed by atoms with E-state index in [0.29, 0.717) is 19.1 Å². The number of anilines is 1. The number of hydrogen-bond acceptors (Lipinski definition) is 4. The molecule has 8 heteroatoms. The van der Waals surface area contributed by atoms with Crippen LogP contribution in [0.5, 0.6) is 0 Å². The zero-order valence-corrected chi connectivity index (χ0v) is 22.1. The predicted octanol–water partition coefficient (Wildman–Crippen LogP) is 3.93. The Bertz CT molecular complexity index is 760. The van der Waals surface area contributed by atoms with Crippen LogP contribution in [-0.4, -0.2) is 50.9 Å². The summed E-state index contributed by atoms with van der Waals surface area (Å²) in [7, 11) is 1.78. The van der Waals surface area contributed by atoms with Gasteiger partial charge in [0, 0.05) is 45.0 Å². The summed E-state index contributed by atoms with van der Waals surface area (Å²) in [6.45, 7) is 9.70. The fourth-order valence-corrected chi connectivity index (χ4v) is 4.41. The molecule has 7 nitrogen and oxygen atoms in total. The molecule has 3 rings (SSSR count). The first-order valence-electron chi connectivity index (χ1n) is 11.4. The summed E-state index contributed by atoms with van der Waals surface area (Å²) in [6.07, 6.45) is 3.92. The number of halogens is 1. The van der Waals surface area contributed by atoms with Crippen LogP contribution in [0.15, 0.2) is 29.3 Å². The number of hydrogen-bond donors (Lipinski definition) is 3. The summed E-state index contributed by atoms with van der Waals surface area (Å²) in [5.74, 6) is 1.17. The van der Waals surface area contributed by atoms with Crippen LogP contribution in [0.2, 0.25) is 0 Å². The molecule has 2 aliphatic rings.